The summed E-state index contributed by atoms with van der Waals surface area (Å²) < 4.78 is 5.51. The van der Waals surface area contributed by atoms with Crippen molar-refractivity contribution in [3.63, 3.8) is 0 Å². The first kappa shape index (κ1) is 19.1. The zero-order chi connectivity index (χ0) is 19.4. The molecule has 0 radical (unpaired) electrons. The monoisotopic (exact) mass is 371 g/mol. The summed E-state index contributed by atoms with van der Waals surface area (Å²) in [5.74, 6) is -1.24. The number of anilines is 1. The second kappa shape index (κ2) is 8.35. The zero-order valence-corrected chi connectivity index (χ0v) is 15.7. The number of hydrogen-bond acceptors (Lipinski definition) is 5. The first-order chi connectivity index (χ1) is 13.0. The molecular formula is C20H25N3O4. The Kier molecular flexibility index (Phi) is 5.91. The Morgan fingerprint density at radius 2 is 1.89 bits per heavy atom. The Labute approximate surface area is 159 Å². The smallest absolute Gasteiger partial charge is 0.331 e. The lowest BCUT2D eigenvalue weighted by Gasteiger charge is -2.28. The Bertz CT molecular complexity index is 747. The zero-order valence-electron chi connectivity index (χ0n) is 15.7. The number of nitrogens with one attached hydrogen (secondary N) is 1. The Balaban J connectivity index is 1.79. The number of ether oxygens (including phenoxy) is 1. The number of imide groups is 2. The van der Waals surface area contributed by atoms with Gasteiger partial charge in [-0.1, -0.05) is 12.1 Å². The molecule has 1 atom stereocenters. The van der Waals surface area contributed by atoms with Gasteiger partial charge in [-0.2, -0.15) is 0 Å². The summed E-state index contributed by atoms with van der Waals surface area (Å²) in [6.45, 7) is 6.77. The summed E-state index contributed by atoms with van der Waals surface area (Å²) in [6.07, 6.45) is 3.08. The molecule has 1 N–H and O–H groups in total. The molecule has 2 saturated heterocycles. The Hall–Kier alpha value is -2.67. The third kappa shape index (κ3) is 4.19. The highest BCUT2D eigenvalue weighted by molar-refractivity contribution is 6.31. The molecule has 0 unspecified atom stereocenters. The predicted molar refractivity (Wildman–Crippen MR) is 102 cm³/mol. The molecule has 2 aliphatic rings. The molecule has 2 fully saturated rings. The summed E-state index contributed by atoms with van der Waals surface area (Å²) in [5, 5.41) is 2.25. The number of nitrogens with zero attached hydrogens (tertiary/aromatic N) is 2. The number of urea groups is 1. The molecule has 1 aromatic carbocycles. The van der Waals surface area contributed by atoms with Crippen LogP contribution in [0.2, 0.25) is 0 Å². The Morgan fingerprint density at radius 1 is 1.19 bits per heavy atom. The molecule has 27 heavy (non-hydrogen) atoms. The van der Waals surface area contributed by atoms with Crippen molar-refractivity contribution in [2.75, 3.05) is 31.1 Å². The number of barbiturate groups is 1. The van der Waals surface area contributed by atoms with Gasteiger partial charge in [0.1, 0.15) is 5.57 Å². The van der Waals surface area contributed by atoms with Crippen LogP contribution in [0.4, 0.5) is 10.5 Å². The van der Waals surface area contributed by atoms with Crippen molar-refractivity contribution in [3.8, 4) is 0 Å². The van der Waals surface area contributed by atoms with Crippen molar-refractivity contribution in [2.24, 2.45) is 0 Å². The van der Waals surface area contributed by atoms with Gasteiger partial charge in [0.05, 0.1) is 12.6 Å². The lowest BCUT2D eigenvalue weighted by Crippen LogP contribution is -2.55. The molecule has 3 rings (SSSR count). The topological polar surface area (TPSA) is 79.0 Å². The van der Waals surface area contributed by atoms with E-state index >= 15 is 0 Å². The first-order valence-corrected chi connectivity index (χ1v) is 9.39. The first-order valence-electron chi connectivity index (χ1n) is 9.39. The van der Waals surface area contributed by atoms with Crippen molar-refractivity contribution >= 4 is 29.6 Å². The molecule has 7 heteroatoms. The normalized spacial score (nSPS) is 21.7. The number of rotatable bonds is 6. The van der Waals surface area contributed by atoms with E-state index in [1.165, 1.54) is 6.08 Å². The highest BCUT2D eigenvalue weighted by atomic mass is 16.5. The van der Waals surface area contributed by atoms with Gasteiger partial charge in [-0.3, -0.25) is 19.8 Å². The summed E-state index contributed by atoms with van der Waals surface area (Å²) >= 11 is 0. The maximum absolute atomic E-state index is 12.7. The molecule has 0 aliphatic carbocycles. The SMILES string of the molecule is CCN(CC)c1ccc(/C=C2\C(=O)NC(=O)N(C[C@H]3CCCO3)C2=O)cc1. The van der Waals surface area contributed by atoms with Crippen LogP contribution >= 0.6 is 0 Å². The fourth-order valence-electron chi connectivity index (χ4n) is 3.39. The average molecular weight is 371 g/mol. The molecule has 7 nitrogen and oxygen atoms in total. The molecule has 4 amide bonds. The second-order valence-electron chi connectivity index (χ2n) is 6.63. The molecule has 1 aromatic rings. The van der Waals surface area contributed by atoms with Gasteiger partial charge in [0.2, 0.25) is 0 Å². The minimum atomic E-state index is -0.686. The fraction of sp³-hybridized carbons (Fsp3) is 0.450. The van der Waals surface area contributed by atoms with E-state index in [2.05, 4.69) is 24.1 Å². The molecule has 0 saturated carbocycles. The summed E-state index contributed by atoms with van der Waals surface area (Å²) in [4.78, 5) is 40.2. The summed E-state index contributed by atoms with van der Waals surface area (Å²) in [5.41, 5.74) is 1.77. The van der Waals surface area contributed by atoms with E-state index in [0.717, 1.165) is 42.1 Å². The van der Waals surface area contributed by atoms with Gasteiger partial charge in [-0.15, -0.1) is 0 Å². The van der Waals surface area contributed by atoms with Crippen LogP contribution in [-0.4, -0.2) is 55.1 Å². The second-order valence-corrected chi connectivity index (χ2v) is 6.63. The minimum Gasteiger partial charge on any atom is -0.376 e. The maximum atomic E-state index is 12.7. The van der Waals surface area contributed by atoms with Crippen LogP contribution in [0.25, 0.3) is 6.08 Å². The maximum Gasteiger partial charge on any atom is 0.331 e. The van der Waals surface area contributed by atoms with Crippen LogP contribution in [0.15, 0.2) is 29.8 Å². The fourth-order valence-corrected chi connectivity index (χ4v) is 3.39. The van der Waals surface area contributed by atoms with Crippen molar-refractivity contribution in [2.45, 2.75) is 32.8 Å². The average Bonchev–Trinajstić information content (AvgIpc) is 3.18. The van der Waals surface area contributed by atoms with Gasteiger partial charge in [0.25, 0.3) is 11.8 Å². The van der Waals surface area contributed by atoms with Gasteiger partial charge in [-0.05, 0) is 50.5 Å². The highest BCUT2D eigenvalue weighted by Crippen LogP contribution is 2.20. The lowest BCUT2D eigenvalue weighted by atomic mass is 10.1. The van der Waals surface area contributed by atoms with Gasteiger partial charge in [-0.25, -0.2) is 4.79 Å². The van der Waals surface area contributed by atoms with Crippen LogP contribution in [0.3, 0.4) is 0 Å². The van der Waals surface area contributed by atoms with E-state index < -0.39 is 17.8 Å². The molecule has 0 spiro atoms. The van der Waals surface area contributed by atoms with Crippen molar-refractivity contribution < 1.29 is 19.1 Å². The van der Waals surface area contributed by atoms with E-state index in [-0.39, 0.29) is 18.2 Å². The van der Waals surface area contributed by atoms with Crippen LogP contribution in [0, 0.1) is 0 Å². The summed E-state index contributed by atoms with van der Waals surface area (Å²) in [6, 6.07) is 6.96. The van der Waals surface area contributed by atoms with Crippen LogP contribution in [-0.2, 0) is 14.3 Å². The van der Waals surface area contributed by atoms with E-state index in [1.807, 2.05) is 24.3 Å². The standard InChI is InChI=1S/C20H25N3O4/c1-3-22(4-2)15-9-7-14(8-10-15)12-17-18(24)21-20(26)23(19(17)25)13-16-6-5-11-27-16/h7-10,12,16H,3-6,11,13H2,1-2H3,(H,21,24,26)/b17-12+/t16-/m1/s1. The third-order valence-corrected chi connectivity index (χ3v) is 4.93. The van der Waals surface area contributed by atoms with Gasteiger partial charge in [0.15, 0.2) is 0 Å². The van der Waals surface area contributed by atoms with E-state index in [4.69, 9.17) is 4.74 Å². The Morgan fingerprint density at radius 3 is 2.48 bits per heavy atom. The largest absolute Gasteiger partial charge is 0.376 e. The molecule has 144 valence electrons. The number of benzene rings is 1. The minimum absolute atomic E-state index is 0.0387. The molecular weight excluding hydrogens is 346 g/mol. The van der Waals surface area contributed by atoms with Gasteiger partial charge >= 0.3 is 6.03 Å². The molecule has 2 heterocycles. The van der Waals surface area contributed by atoms with Crippen LogP contribution in [0.5, 0.6) is 0 Å². The summed E-state index contributed by atoms with van der Waals surface area (Å²) in [7, 11) is 0. The number of hydrogen-bond donors (Lipinski definition) is 1. The van der Waals surface area contributed by atoms with Gasteiger partial charge < -0.3 is 9.64 Å². The number of amides is 4. The third-order valence-electron chi connectivity index (χ3n) is 4.93. The molecule has 0 aromatic heterocycles. The molecule has 2 aliphatic heterocycles. The van der Waals surface area contributed by atoms with E-state index in [0.29, 0.717) is 6.61 Å². The van der Waals surface area contributed by atoms with E-state index in [9.17, 15) is 14.4 Å². The van der Waals surface area contributed by atoms with Crippen LogP contribution < -0.4 is 10.2 Å². The van der Waals surface area contributed by atoms with E-state index in [1.54, 1.807) is 0 Å². The van der Waals surface area contributed by atoms with Crippen molar-refractivity contribution in [1.82, 2.24) is 10.2 Å². The quantitative estimate of drug-likeness (QED) is 0.612. The molecule has 0 bridgehead atoms. The van der Waals surface area contributed by atoms with Crippen LogP contribution in [0.1, 0.15) is 32.3 Å². The van der Waals surface area contributed by atoms with Crippen molar-refractivity contribution in [1.29, 1.82) is 0 Å². The van der Waals surface area contributed by atoms with Crippen molar-refractivity contribution in [3.05, 3.63) is 35.4 Å². The number of carbonyl (C=O) groups is 3. The predicted octanol–water partition coefficient (Wildman–Crippen LogP) is 2.17. The highest BCUT2D eigenvalue weighted by Gasteiger charge is 2.37. The lowest BCUT2D eigenvalue weighted by molar-refractivity contribution is -0.131. The number of carbonyl (C=O) groups excluding carboxylic acids is 3. The van der Waals surface area contributed by atoms with Gasteiger partial charge in [0, 0.05) is 25.4 Å².